The number of carbonyl (C=O) groups is 1. The normalized spacial score (nSPS) is 25.2. The van der Waals surface area contributed by atoms with Crippen LogP contribution in [0.15, 0.2) is 16.3 Å². The van der Waals surface area contributed by atoms with E-state index in [2.05, 4.69) is 10.0 Å². The highest BCUT2D eigenvalue weighted by molar-refractivity contribution is 7.91. The van der Waals surface area contributed by atoms with E-state index in [1.165, 1.54) is 18.6 Å². The fourth-order valence-corrected chi connectivity index (χ4v) is 5.45. The van der Waals surface area contributed by atoms with Crippen LogP contribution in [-0.2, 0) is 14.8 Å². The number of nitrogens with one attached hydrogen (secondary N) is 2. The Bertz CT molecular complexity index is 661. The minimum Gasteiger partial charge on any atom is -0.340 e. The van der Waals surface area contributed by atoms with Crippen molar-refractivity contribution in [3.8, 4) is 0 Å². The summed E-state index contributed by atoms with van der Waals surface area (Å²) in [5, 5.41) is 3.49. The van der Waals surface area contributed by atoms with E-state index in [0.29, 0.717) is 29.5 Å². The molecule has 2 aliphatic heterocycles. The fourth-order valence-electron chi connectivity index (χ4n) is 2.95. The standard InChI is InChI=1S/C13H18ClN3O3S2/c14-11-3-4-13(21-11)22(19,20)15-7-12(18)17-6-5-9-1-2-10(8-17)16-9/h3-4,9-10,15-16H,1-2,5-8H2. The molecule has 2 unspecified atom stereocenters. The first kappa shape index (κ1) is 16.2. The highest BCUT2D eigenvalue weighted by Crippen LogP contribution is 2.25. The Kier molecular flexibility index (Phi) is 4.75. The molecular formula is C13H18ClN3O3S2. The van der Waals surface area contributed by atoms with E-state index in [1.54, 1.807) is 4.90 Å². The lowest BCUT2D eigenvalue weighted by atomic mass is 10.1. The number of nitrogens with zero attached hydrogens (tertiary/aromatic N) is 1. The van der Waals surface area contributed by atoms with E-state index in [0.717, 1.165) is 24.2 Å². The van der Waals surface area contributed by atoms with Crippen LogP contribution in [-0.4, -0.2) is 50.9 Å². The van der Waals surface area contributed by atoms with Gasteiger partial charge in [0, 0.05) is 25.2 Å². The number of rotatable bonds is 4. The van der Waals surface area contributed by atoms with Crippen molar-refractivity contribution in [1.82, 2.24) is 14.9 Å². The van der Waals surface area contributed by atoms with E-state index in [4.69, 9.17) is 11.6 Å². The highest BCUT2D eigenvalue weighted by Gasteiger charge is 2.31. The summed E-state index contributed by atoms with van der Waals surface area (Å²) in [6.07, 6.45) is 3.17. The molecule has 2 atom stereocenters. The maximum Gasteiger partial charge on any atom is 0.250 e. The maximum atomic E-state index is 12.3. The number of hydrogen-bond donors (Lipinski definition) is 2. The first-order valence-corrected chi connectivity index (χ1v) is 9.90. The average Bonchev–Trinajstić information content (AvgIpc) is 3.03. The monoisotopic (exact) mass is 363 g/mol. The molecule has 1 amide bonds. The van der Waals surface area contributed by atoms with E-state index in [-0.39, 0.29) is 16.7 Å². The minimum atomic E-state index is -3.67. The molecule has 1 aromatic rings. The number of carbonyl (C=O) groups excluding carboxylic acids is 1. The van der Waals surface area contributed by atoms with Gasteiger partial charge in [0.05, 0.1) is 10.9 Å². The summed E-state index contributed by atoms with van der Waals surface area (Å²) in [7, 11) is -3.67. The van der Waals surface area contributed by atoms with Crippen molar-refractivity contribution >= 4 is 38.9 Å². The van der Waals surface area contributed by atoms with Gasteiger partial charge in [-0.05, 0) is 31.4 Å². The van der Waals surface area contributed by atoms with E-state index in [1.807, 2.05) is 0 Å². The van der Waals surface area contributed by atoms with Gasteiger partial charge in [0.2, 0.25) is 5.91 Å². The van der Waals surface area contributed by atoms with E-state index in [9.17, 15) is 13.2 Å². The zero-order valence-electron chi connectivity index (χ0n) is 11.9. The van der Waals surface area contributed by atoms with Gasteiger partial charge < -0.3 is 10.2 Å². The summed E-state index contributed by atoms with van der Waals surface area (Å²) in [5.41, 5.74) is 0. The van der Waals surface area contributed by atoms with Crippen molar-refractivity contribution in [3.05, 3.63) is 16.5 Å². The van der Waals surface area contributed by atoms with Crippen LogP contribution in [0.2, 0.25) is 4.34 Å². The van der Waals surface area contributed by atoms with Gasteiger partial charge in [-0.25, -0.2) is 13.1 Å². The second kappa shape index (κ2) is 6.45. The van der Waals surface area contributed by atoms with Crippen LogP contribution in [0.3, 0.4) is 0 Å². The van der Waals surface area contributed by atoms with Gasteiger partial charge in [-0.3, -0.25) is 4.79 Å². The molecule has 9 heteroatoms. The zero-order valence-corrected chi connectivity index (χ0v) is 14.3. The summed E-state index contributed by atoms with van der Waals surface area (Å²) in [5.74, 6) is -0.180. The highest BCUT2D eigenvalue weighted by atomic mass is 35.5. The molecule has 0 aliphatic carbocycles. The number of amides is 1. The predicted octanol–water partition coefficient (Wildman–Crippen LogP) is 1.03. The number of fused-ring (bicyclic) bond motifs is 2. The lowest BCUT2D eigenvalue weighted by Gasteiger charge is -2.24. The molecule has 6 nitrogen and oxygen atoms in total. The van der Waals surface area contributed by atoms with Gasteiger partial charge in [0.25, 0.3) is 10.0 Å². The first-order valence-electron chi connectivity index (χ1n) is 7.23. The number of thiophene rings is 1. The molecule has 3 heterocycles. The molecule has 22 heavy (non-hydrogen) atoms. The summed E-state index contributed by atoms with van der Waals surface area (Å²) in [4.78, 5) is 14.0. The van der Waals surface area contributed by atoms with Crippen molar-refractivity contribution < 1.29 is 13.2 Å². The summed E-state index contributed by atoms with van der Waals surface area (Å²) < 4.78 is 27.1. The van der Waals surface area contributed by atoms with Crippen LogP contribution in [0.5, 0.6) is 0 Å². The summed E-state index contributed by atoms with van der Waals surface area (Å²) >= 11 is 6.72. The van der Waals surface area contributed by atoms with Gasteiger partial charge in [-0.2, -0.15) is 0 Å². The number of halogens is 1. The van der Waals surface area contributed by atoms with Crippen molar-refractivity contribution in [2.24, 2.45) is 0 Å². The van der Waals surface area contributed by atoms with E-state index >= 15 is 0 Å². The largest absolute Gasteiger partial charge is 0.340 e. The Hall–Kier alpha value is -0.670. The number of hydrogen-bond acceptors (Lipinski definition) is 5. The molecule has 2 N–H and O–H groups in total. The van der Waals surface area contributed by atoms with Gasteiger partial charge in [-0.1, -0.05) is 11.6 Å². The molecule has 1 aromatic heterocycles. The minimum absolute atomic E-state index is 0.127. The predicted molar refractivity (Wildman–Crippen MR) is 85.7 cm³/mol. The smallest absolute Gasteiger partial charge is 0.250 e. The zero-order chi connectivity index (χ0) is 15.7. The molecule has 122 valence electrons. The number of likely N-dealkylation sites (tertiary alicyclic amines) is 1. The SMILES string of the molecule is O=C(CNS(=O)(=O)c1ccc(Cl)s1)N1CCC2CCC(C1)N2. The van der Waals surface area contributed by atoms with Gasteiger partial charge >= 0.3 is 0 Å². The van der Waals surface area contributed by atoms with Crippen LogP contribution in [0.1, 0.15) is 19.3 Å². The molecule has 2 saturated heterocycles. The van der Waals surface area contributed by atoms with Crippen LogP contribution in [0, 0.1) is 0 Å². The van der Waals surface area contributed by atoms with Crippen molar-refractivity contribution in [2.45, 2.75) is 35.6 Å². The Morgan fingerprint density at radius 1 is 1.36 bits per heavy atom. The summed E-state index contributed by atoms with van der Waals surface area (Å²) in [6, 6.07) is 3.80. The first-order chi connectivity index (χ1) is 10.4. The lowest BCUT2D eigenvalue weighted by Crippen LogP contribution is -2.44. The van der Waals surface area contributed by atoms with Gasteiger partial charge in [-0.15, -0.1) is 11.3 Å². The third kappa shape index (κ3) is 3.62. The quantitative estimate of drug-likeness (QED) is 0.837. The third-order valence-corrected chi connectivity index (χ3v) is 7.23. The van der Waals surface area contributed by atoms with E-state index < -0.39 is 10.0 Å². The molecule has 2 aliphatic rings. The Labute approximate surface area is 138 Å². The molecule has 2 bridgehead atoms. The molecule has 0 radical (unpaired) electrons. The Balaban J connectivity index is 1.58. The third-order valence-electron chi connectivity index (χ3n) is 4.10. The molecular weight excluding hydrogens is 346 g/mol. The molecule has 0 spiro atoms. The average molecular weight is 364 g/mol. The van der Waals surface area contributed by atoms with Gasteiger partial charge in [0.1, 0.15) is 4.21 Å². The molecule has 0 aromatic carbocycles. The van der Waals surface area contributed by atoms with Crippen molar-refractivity contribution in [3.63, 3.8) is 0 Å². The maximum absolute atomic E-state index is 12.3. The molecule has 2 fully saturated rings. The van der Waals surface area contributed by atoms with Crippen LogP contribution < -0.4 is 10.0 Å². The molecule has 3 rings (SSSR count). The second-order valence-electron chi connectivity index (χ2n) is 5.65. The molecule has 0 saturated carbocycles. The summed E-state index contributed by atoms with van der Waals surface area (Å²) in [6.45, 7) is 1.12. The topological polar surface area (TPSA) is 78.5 Å². The van der Waals surface area contributed by atoms with Crippen LogP contribution in [0.4, 0.5) is 0 Å². The van der Waals surface area contributed by atoms with Crippen molar-refractivity contribution in [1.29, 1.82) is 0 Å². The van der Waals surface area contributed by atoms with Gasteiger partial charge in [0.15, 0.2) is 0 Å². The lowest BCUT2D eigenvalue weighted by molar-refractivity contribution is -0.130. The second-order valence-corrected chi connectivity index (χ2v) is 9.36. The number of sulfonamides is 1. The Morgan fingerprint density at radius 2 is 2.14 bits per heavy atom. The van der Waals surface area contributed by atoms with Crippen LogP contribution in [0.25, 0.3) is 0 Å². The van der Waals surface area contributed by atoms with Crippen LogP contribution >= 0.6 is 22.9 Å². The van der Waals surface area contributed by atoms with Crippen molar-refractivity contribution in [2.75, 3.05) is 19.6 Å². The Morgan fingerprint density at radius 3 is 2.86 bits per heavy atom. The fraction of sp³-hybridized carbons (Fsp3) is 0.615.